The summed E-state index contributed by atoms with van der Waals surface area (Å²) in [4.78, 5) is 51.0. The molecule has 1 aromatic carbocycles. The van der Waals surface area contributed by atoms with Gasteiger partial charge in [-0.2, -0.15) is 0 Å². The predicted octanol–water partition coefficient (Wildman–Crippen LogP) is 3.38. The first-order chi connectivity index (χ1) is 16.9. The topological polar surface area (TPSA) is 73.8 Å². The third-order valence-electron chi connectivity index (χ3n) is 7.98. The van der Waals surface area contributed by atoms with Gasteiger partial charge < -0.3 is 9.80 Å². The standard InChI is InChI=1S/C28H34N4O3/c1-20-8-3-6-12-23(20)28(19-26(34)32(27(28)35)22-10-4-5-11-22)18-25(33)31-16-14-30(15-17-31)24-13-7-9-21(2)29-24/h3,6-9,12-13,22H,4-5,10-11,14-19H2,1-2H3. The van der Waals surface area contributed by atoms with Crippen LogP contribution in [0.25, 0.3) is 0 Å². The summed E-state index contributed by atoms with van der Waals surface area (Å²) in [6.07, 6.45) is 3.92. The van der Waals surface area contributed by atoms with E-state index in [9.17, 15) is 14.4 Å². The van der Waals surface area contributed by atoms with Gasteiger partial charge in [0.25, 0.3) is 0 Å². The van der Waals surface area contributed by atoms with Crippen molar-refractivity contribution in [2.75, 3.05) is 31.1 Å². The van der Waals surface area contributed by atoms with Gasteiger partial charge in [0.05, 0.1) is 5.41 Å². The van der Waals surface area contributed by atoms with E-state index in [1.165, 1.54) is 4.90 Å². The van der Waals surface area contributed by atoms with Crippen molar-refractivity contribution in [3.63, 3.8) is 0 Å². The number of aromatic nitrogens is 1. The highest BCUT2D eigenvalue weighted by Gasteiger charge is 2.56. The smallest absolute Gasteiger partial charge is 0.241 e. The number of amides is 3. The molecular formula is C28H34N4O3. The molecule has 3 heterocycles. The molecule has 1 atom stereocenters. The molecule has 0 spiro atoms. The fourth-order valence-corrected chi connectivity index (χ4v) is 6.11. The Bertz CT molecular complexity index is 1130. The van der Waals surface area contributed by atoms with Crippen LogP contribution in [0.15, 0.2) is 42.5 Å². The zero-order valence-corrected chi connectivity index (χ0v) is 20.7. The van der Waals surface area contributed by atoms with Crippen molar-refractivity contribution >= 4 is 23.5 Å². The first-order valence-electron chi connectivity index (χ1n) is 12.8. The van der Waals surface area contributed by atoms with Crippen molar-refractivity contribution in [1.29, 1.82) is 0 Å². The Labute approximate surface area is 207 Å². The Morgan fingerprint density at radius 3 is 2.37 bits per heavy atom. The number of aryl methyl sites for hydroxylation is 2. The van der Waals surface area contributed by atoms with E-state index in [0.29, 0.717) is 26.2 Å². The zero-order chi connectivity index (χ0) is 24.6. The normalized spacial score (nSPS) is 23.4. The molecule has 7 nitrogen and oxygen atoms in total. The Balaban J connectivity index is 1.37. The lowest BCUT2D eigenvalue weighted by atomic mass is 9.73. The number of piperazine rings is 1. The summed E-state index contributed by atoms with van der Waals surface area (Å²) in [5.41, 5.74) is 1.62. The van der Waals surface area contributed by atoms with Gasteiger partial charge in [-0.05, 0) is 49.9 Å². The van der Waals surface area contributed by atoms with Gasteiger partial charge in [0, 0.05) is 50.8 Å². The Morgan fingerprint density at radius 2 is 1.69 bits per heavy atom. The fraction of sp³-hybridized carbons (Fsp3) is 0.500. The summed E-state index contributed by atoms with van der Waals surface area (Å²) in [6.45, 7) is 6.48. The number of nitrogens with zero attached hydrogens (tertiary/aromatic N) is 4. The average Bonchev–Trinajstić information content (AvgIpc) is 3.46. The van der Waals surface area contributed by atoms with Crippen LogP contribution in [0.4, 0.5) is 5.82 Å². The third kappa shape index (κ3) is 4.32. The van der Waals surface area contributed by atoms with Gasteiger partial charge in [-0.3, -0.25) is 19.3 Å². The molecule has 1 aliphatic carbocycles. The second kappa shape index (κ2) is 9.44. The fourth-order valence-electron chi connectivity index (χ4n) is 6.11. The summed E-state index contributed by atoms with van der Waals surface area (Å²) in [6, 6.07) is 13.7. The first-order valence-corrected chi connectivity index (χ1v) is 12.8. The molecule has 7 heteroatoms. The number of anilines is 1. The minimum Gasteiger partial charge on any atom is -0.353 e. The largest absolute Gasteiger partial charge is 0.353 e. The third-order valence-corrected chi connectivity index (χ3v) is 7.98. The lowest BCUT2D eigenvalue weighted by molar-refractivity contribution is -0.144. The quantitative estimate of drug-likeness (QED) is 0.621. The van der Waals surface area contributed by atoms with Gasteiger partial charge in [0.1, 0.15) is 5.82 Å². The number of hydrogen-bond acceptors (Lipinski definition) is 5. The SMILES string of the molecule is Cc1cccc(N2CCN(C(=O)CC3(c4ccccc4C)CC(=O)N(C4CCCC4)C3=O)CC2)n1. The second-order valence-electron chi connectivity index (χ2n) is 10.3. The zero-order valence-electron chi connectivity index (χ0n) is 20.7. The lowest BCUT2D eigenvalue weighted by Gasteiger charge is -2.37. The van der Waals surface area contributed by atoms with E-state index in [4.69, 9.17) is 0 Å². The number of imide groups is 1. The van der Waals surface area contributed by atoms with E-state index in [1.54, 1.807) is 0 Å². The molecule has 0 radical (unpaired) electrons. The second-order valence-corrected chi connectivity index (χ2v) is 10.3. The number of carbonyl (C=O) groups excluding carboxylic acids is 3. The molecule has 3 aliphatic rings. The highest BCUT2D eigenvalue weighted by atomic mass is 16.2. The van der Waals surface area contributed by atoms with Gasteiger partial charge in [-0.1, -0.05) is 43.2 Å². The van der Waals surface area contributed by atoms with Crippen molar-refractivity contribution in [2.24, 2.45) is 0 Å². The molecule has 1 saturated carbocycles. The number of benzene rings is 1. The van der Waals surface area contributed by atoms with Crippen molar-refractivity contribution in [2.45, 2.75) is 63.8 Å². The molecule has 2 aromatic rings. The van der Waals surface area contributed by atoms with Gasteiger partial charge in [-0.15, -0.1) is 0 Å². The summed E-state index contributed by atoms with van der Waals surface area (Å²) in [5.74, 6) is 0.560. The number of carbonyl (C=O) groups is 3. The molecule has 0 bridgehead atoms. The van der Waals surface area contributed by atoms with Gasteiger partial charge in [0.15, 0.2) is 0 Å². The number of hydrogen-bond donors (Lipinski definition) is 0. The van der Waals surface area contributed by atoms with E-state index < -0.39 is 5.41 Å². The maximum Gasteiger partial charge on any atom is 0.241 e. The summed E-state index contributed by atoms with van der Waals surface area (Å²) in [7, 11) is 0. The van der Waals surface area contributed by atoms with Crippen LogP contribution >= 0.6 is 0 Å². The molecule has 1 unspecified atom stereocenters. The van der Waals surface area contributed by atoms with Gasteiger partial charge >= 0.3 is 0 Å². The monoisotopic (exact) mass is 474 g/mol. The summed E-state index contributed by atoms with van der Waals surface area (Å²) < 4.78 is 0. The lowest BCUT2D eigenvalue weighted by Crippen LogP contribution is -2.51. The van der Waals surface area contributed by atoms with Crippen LogP contribution in [0.3, 0.4) is 0 Å². The number of pyridine rings is 1. The van der Waals surface area contributed by atoms with Crippen molar-refractivity contribution < 1.29 is 14.4 Å². The average molecular weight is 475 g/mol. The van der Waals surface area contributed by atoms with Crippen LogP contribution in [0, 0.1) is 13.8 Å². The molecule has 2 saturated heterocycles. The number of likely N-dealkylation sites (tertiary alicyclic amines) is 1. The van der Waals surface area contributed by atoms with Crippen LogP contribution in [0.1, 0.15) is 55.3 Å². The highest BCUT2D eigenvalue weighted by molar-refractivity contribution is 6.11. The Morgan fingerprint density at radius 1 is 0.971 bits per heavy atom. The molecular weight excluding hydrogens is 440 g/mol. The molecule has 1 aromatic heterocycles. The summed E-state index contributed by atoms with van der Waals surface area (Å²) in [5, 5.41) is 0. The van der Waals surface area contributed by atoms with E-state index in [2.05, 4.69) is 9.88 Å². The number of rotatable bonds is 5. The molecule has 3 amide bonds. The highest BCUT2D eigenvalue weighted by Crippen LogP contribution is 2.44. The molecule has 35 heavy (non-hydrogen) atoms. The molecule has 2 aliphatic heterocycles. The maximum absolute atomic E-state index is 14.0. The Hall–Kier alpha value is -3.22. The van der Waals surface area contributed by atoms with E-state index >= 15 is 0 Å². The van der Waals surface area contributed by atoms with E-state index in [-0.39, 0.29) is 36.6 Å². The van der Waals surface area contributed by atoms with Gasteiger partial charge in [-0.25, -0.2) is 4.98 Å². The molecule has 3 fully saturated rings. The predicted molar refractivity (Wildman–Crippen MR) is 134 cm³/mol. The van der Waals surface area contributed by atoms with Crippen LogP contribution in [0.5, 0.6) is 0 Å². The van der Waals surface area contributed by atoms with Crippen LogP contribution in [-0.2, 0) is 19.8 Å². The minimum atomic E-state index is -1.11. The van der Waals surface area contributed by atoms with E-state index in [1.807, 2.05) is 61.2 Å². The van der Waals surface area contributed by atoms with Crippen molar-refractivity contribution in [3.05, 3.63) is 59.3 Å². The van der Waals surface area contributed by atoms with Crippen LogP contribution in [-0.4, -0.2) is 64.7 Å². The van der Waals surface area contributed by atoms with Crippen molar-refractivity contribution in [1.82, 2.24) is 14.8 Å². The van der Waals surface area contributed by atoms with Crippen molar-refractivity contribution in [3.8, 4) is 0 Å². The first kappa shape index (κ1) is 23.5. The van der Waals surface area contributed by atoms with Crippen LogP contribution in [0.2, 0.25) is 0 Å². The van der Waals surface area contributed by atoms with Crippen LogP contribution < -0.4 is 4.90 Å². The summed E-state index contributed by atoms with van der Waals surface area (Å²) >= 11 is 0. The molecule has 0 N–H and O–H groups in total. The van der Waals surface area contributed by atoms with E-state index in [0.717, 1.165) is 48.3 Å². The maximum atomic E-state index is 14.0. The molecule has 184 valence electrons. The van der Waals surface area contributed by atoms with Gasteiger partial charge in [0.2, 0.25) is 17.7 Å². The minimum absolute atomic E-state index is 0.0265. The Kier molecular flexibility index (Phi) is 6.34. The molecule has 5 rings (SSSR count).